The highest BCUT2D eigenvalue weighted by atomic mass is 16.5. The SMILES string of the molecule is COc1ccc(-c2noc(CCC(=O)NCc3c(C)cc(C)cc3C)n2)cc1. The van der Waals surface area contributed by atoms with Crippen molar-refractivity contribution in [2.75, 3.05) is 7.11 Å². The Morgan fingerprint density at radius 3 is 2.43 bits per heavy atom. The van der Waals surface area contributed by atoms with Gasteiger partial charge in [0, 0.05) is 24.9 Å². The summed E-state index contributed by atoms with van der Waals surface area (Å²) in [6.07, 6.45) is 0.703. The van der Waals surface area contributed by atoms with E-state index >= 15 is 0 Å². The number of ether oxygens (including phenoxy) is 1. The Bertz CT molecular complexity index is 938. The predicted octanol–water partition coefficient (Wildman–Crippen LogP) is 3.92. The molecular weight excluding hydrogens is 354 g/mol. The second-order valence-corrected chi connectivity index (χ2v) is 6.89. The van der Waals surface area contributed by atoms with Crippen molar-refractivity contribution in [2.24, 2.45) is 0 Å². The second-order valence-electron chi connectivity index (χ2n) is 6.89. The molecule has 6 nitrogen and oxygen atoms in total. The first-order valence-electron chi connectivity index (χ1n) is 9.26. The van der Waals surface area contributed by atoms with Gasteiger partial charge in [-0.3, -0.25) is 4.79 Å². The molecule has 0 radical (unpaired) electrons. The first kappa shape index (κ1) is 19.6. The van der Waals surface area contributed by atoms with Crippen LogP contribution in [-0.2, 0) is 17.8 Å². The van der Waals surface area contributed by atoms with Crippen LogP contribution in [-0.4, -0.2) is 23.2 Å². The molecule has 1 amide bonds. The maximum absolute atomic E-state index is 12.2. The van der Waals surface area contributed by atoms with E-state index in [-0.39, 0.29) is 5.91 Å². The zero-order valence-electron chi connectivity index (χ0n) is 16.7. The lowest BCUT2D eigenvalue weighted by Gasteiger charge is -2.12. The van der Waals surface area contributed by atoms with Gasteiger partial charge in [0.15, 0.2) is 0 Å². The largest absolute Gasteiger partial charge is 0.497 e. The summed E-state index contributed by atoms with van der Waals surface area (Å²) >= 11 is 0. The van der Waals surface area contributed by atoms with Crippen LogP contribution < -0.4 is 10.1 Å². The number of carbonyl (C=O) groups excluding carboxylic acids is 1. The third-order valence-electron chi connectivity index (χ3n) is 4.68. The summed E-state index contributed by atoms with van der Waals surface area (Å²) in [5.74, 6) is 1.68. The molecule has 3 rings (SSSR count). The minimum Gasteiger partial charge on any atom is -0.497 e. The molecule has 6 heteroatoms. The van der Waals surface area contributed by atoms with Crippen LogP contribution in [0.3, 0.4) is 0 Å². The van der Waals surface area contributed by atoms with Crippen molar-refractivity contribution in [3.05, 3.63) is 64.5 Å². The fraction of sp³-hybridized carbons (Fsp3) is 0.318. The number of aromatic nitrogens is 2. The summed E-state index contributed by atoms with van der Waals surface area (Å²) < 4.78 is 10.4. The minimum atomic E-state index is -0.0384. The van der Waals surface area contributed by atoms with E-state index in [1.807, 2.05) is 24.3 Å². The number of methoxy groups -OCH3 is 1. The molecule has 0 unspecified atom stereocenters. The average molecular weight is 379 g/mol. The van der Waals surface area contributed by atoms with Crippen molar-refractivity contribution in [1.29, 1.82) is 0 Å². The summed E-state index contributed by atoms with van der Waals surface area (Å²) in [6, 6.07) is 11.7. The smallest absolute Gasteiger partial charge is 0.227 e. The Kier molecular flexibility index (Phi) is 6.09. The van der Waals surface area contributed by atoms with Crippen LogP contribution >= 0.6 is 0 Å². The highest BCUT2D eigenvalue weighted by Crippen LogP contribution is 2.20. The zero-order valence-corrected chi connectivity index (χ0v) is 16.7. The molecule has 1 aromatic heterocycles. The maximum atomic E-state index is 12.2. The summed E-state index contributed by atoms with van der Waals surface area (Å²) in [4.78, 5) is 16.6. The second kappa shape index (κ2) is 8.69. The lowest BCUT2D eigenvalue weighted by Crippen LogP contribution is -2.24. The quantitative estimate of drug-likeness (QED) is 0.673. The molecular formula is C22H25N3O3. The number of hydrogen-bond donors (Lipinski definition) is 1. The van der Waals surface area contributed by atoms with Crippen LogP contribution in [0.5, 0.6) is 5.75 Å². The van der Waals surface area contributed by atoms with E-state index < -0.39 is 0 Å². The van der Waals surface area contributed by atoms with Crippen molar-refractivity contribution < 1.29 is 14.1 Å². The number of amides is 1. The van der Waals surface area contributed by atoms with Gasteiger partial charge >= 0.3 is 0 Å². The summed E-state index contributed by atoms with van der Waals surface area (Å²) in [5, 5.41) is 6.97. The van der Waals surface area contributed by atoms with Gasteiger partial charge in [0.05, 0.1) is 7.11 Å². The van der Waals surface area contributed by atoms with Gasteiger partial charge < -0.3 is 14.6 Å². The Morgan fingerprint density at radius 2 is 1.79 bits per heavy atom. The normalized spacial score (nSPS) is 10.7. The molecule has 0 aliphatic heterocycles. The standard InChI is InChI=1S/C22H25N3O3/c1-14-11-15(2)19(16(3)12-14)13-23-20(26)9-10-21-24-22(25-28-21)17-5-7-18(27-4)8-6-17/h5-8,11-12H,9-10,13H2,1-4H3,(H,23,26). The predicted molar refractivity (Wildman–Crippen MR) is 107 cm³/mol. The van der Waals surface area contributed by atoms with Crippen LogP contribution in [0.15, 0.2) is 40.9 Å². The first-order valence-corrected chi connectivity index (χ1v) is 9.26. The van der Waals surface area contributed by atoms with Crippen LogP contribution in [0.4, 0.5) is 0 Å². The van der Waals surface area contributed by atoms with Gasteiger partial charge in [0.1, 0.15) is 5.75 Å². The fourth-order valence-electron chi connectivity index (χ4n) is 3.20. The number of carbonyl (C=O) groups is 1. The first-order chi connectivity index (χ1) is 13.5. The Balaban J connectivity index is 1.53. The van der Waals surface area contributed by atoms with Crippen molar-refractivity contribution in [3.8, 4) is 17.1 Å². The van der Waals surface area contributed by atoms with Gasteiger partial charge in [-0.15, -0.1) is 0 Å². The molecule has 0 aliphatic rings. The summed E-state index contributed by atoms with van der Waals surface area (Å²) in [7, 11) is 1.62. The molecule has 0 saturated heterocycles. The third-order valence-corrected chi connectivity index (χ3v) is 4.68. The molecule has 1 heterocycles. The van der Waals surface area contributed by atoms with Crippen molar-refractivity contribution in [1.82, 2.24) is 15.5 Å². The molecule has 3 aromatic rings. The van der Waals surface area contributed by atoms with E-state index in [2.05, 4.69) is 48.4 Å². The minimum absolute atomic E-state index is 0.0384. The zero-order chi connectivity index (χ0) is 20.1. The molecule has 0 bridgehead atoms. The summed E-state index contributed by atoms with van der Waals surface area (Å²) in [6.45, 7) is 6.74. The number of benzene rings is 2. The maximum Gasteiger partial charge on any atom is 0.227 e. The number of rotatable bonds is 7. The van der Waals surface area contributed by atoms with Gasteiger partial charge in [-0.05, 0) is 61.7 Å². The van der Waals surface area contributed by atoms with Crippen LogP contribution in [0.1, 0.15) is 34.6 Å². The molecule has 0 aliphatic carbocycles. The molecule has 0 spiro atoms. The topological polar surface area (TPSA) is 77.2 Å². The van der Waals surface area contributed by atoms with E-state index in [1.54, 1.807) is 7.11 Å². The van der Waals surface area contributed by atoms with E-state index in [0.29, 0.717) is 31.1 Å². The number of hydrogen-bond acceptors (Lipinski definition) is 5. The highest BCUT2D eigenvalue weighted by molar-refractivity contribution is 5.76. The lowest BCUT2D eigenvalue weighted by atomic mass is 10.00. The Hall–Kier alpha value is -3.15. The molecule has 1 N–H and O–H groups in total. The van der Waals surface area contributed by atoms with E-state index in [9.17, 15) is 4.79 Å². The van der Waals surface area contributed by atoms with Gasteiger partial charge in [-0.2, -0.15) is 4.98 Å². The van der Waals surface area contributed by atoms with Crippen molar-refractivity contribution in [2.45, 2.75) is 40.2 Å². The molecule has 28 heavy (non-hydrogen) atoms. The number of aryl methyl sites for hydroxylation is 4. The van der Waals surface area contributed by atoms with Crippen molar-refractivity contribution in [3.63, 3.8) is 0 Å². The van der Waals surface area contributed by atoms with Crippen LogP contribution in [0, 0.1) is 20.8 Å². The van der Waals surface area contributed by atoms with Crippen LogP contribution in [0.2, 0.25) is 0 Å². The third kappa shape index (κ3) is 4.76. The summed E-state index contributed by atoms with van der Waals surface area (Å²) in [5.41, 5.74) is 5.62. The van der Waals surface area contributed by atoms with Crippen LogP contribution in [0.25, 0.3) is 11.4 Å². The average Bonchev–Trinajstić information content (AvgIpc) is 3.14. The number of nitrogens with one attached hydrogen (secondary N) is 1. The van der Waals surface area contributed by atoms with Crippen molar-refractivity contribution >= 4 is 5.91 Å². The van der Waals surface area contributed by atoms with E-state index in [4.69, 9.17) is 9.26 Å². The molecule has 0 atom stereocenters. The molecule has 146 valence electrons. The Labute approximate surface area is 164 Å². The lowest BCUT2D eigenvalue weighted by molar-refractivity contribution is -0.121. The van der Waals surface area contributed by atoms with Gasteiger partial charge in [0.25, 0.3) is 0 Å². The van der Waals surface area contributed by atoms with E-state index in [0.717, 1.165) is 11.3 Å². The number of nitrogens with zero attached hydrogens (tertiary/aromatic N) is 2. The monoisotopic (exact) mass is 379 g/mol. The van der Waals surface area contributed by atoms with Gasteiger partial charge in [-0.25, -0.2) is 0 Å². The highest BCUT2D eigenvalue weighted by Gasteiger charge is 2.12. The molecule has 0 saturated carbocycles. The Morgan fingerprint density at radius 1 is 1.11 bits per heavy atom. The van der Waals surface area contributed by atoms with E-state index in [1.165, 1.54) is 22.3 Å². The molecule has 0 fully saturated rings. The fourth-order valence-corrected chi connectivity index (χ4v) is 3.20. The van der Waals surface area contributed by atoms with Gasteiger partial charge in [-0.1, -0.05) is 22.9 Å². The van der Waals surface area contributed by atoms with Gasteiger partial charge in [0.2, 0.25) is 17.6 Å². The molecule has 2 aromatic carbocycles.